The van der Waals surface area contributed by atoms with Gasteiger partial charge in [-0.05, 0) is 134 Å². The number of allylic oxidation sites excluding steroid dienone is 2. The van der Waals surface area contributed by atoms with Gasteiger partial charge in [0.1, 0.15) is 23.1 Å². The van der Waals surface area contributed by atoms with Gasteiger partial charge in [0.2, 0.25) is 0 Å². The molecule has 0 heterocycles. The van der Waals surface area contributed by atoms with Gasteiger partial charge < -0.3 is 0 Å². The number of Topliss-reactive ketones (excluding diaryl/α,β-unsaturated/α-hetero) is 4. The molecule has 0 aromatic heterocycles. The maximum atomic E-state index is 12.3. The minimum Gasteiger partial charge on any atom is -0.300 e. The Morgan fingerprint density at radius 3 is 1.05 bits per heavy atom. The summed E-state index contributed by atoms with van der Waals surface area (Å²) in [7, 11) is 0. The van der Waals surface area contributed by atoms with Crippen LogP contribution in [0.5, 0.6) is 0 Å². The van der Waals surface area contributed by atoms with Gasteiger partial charge >= 0.3 is 0 Å². The molecule has 0 aliphatic rings. The van der Waals surface area contributed by atoms with Crippen LogP contribution in [-0.4, -0.2) is 23.1 Å². The van der Waals surface area contributed by atoms with Gasteiger partial charge in [0.15, 0.2) is 0 Å². The van der Waals surface area contributed by atoms with E-state index in [0.29, 0.717) is 73.6 Å². The molecule has 0 spiro atoms. The van der Waals surface area contributed by atoms with Gasteiger partial charge in [-0.1, -0.05) is 281 Å². The molecule has 2 atom stereocenters. The van der Waals surface area contributed by atoms with Crippen LogP contribution in [0.4, 0.5) is 0 Å². The lowest BCUT2D eigenvalue weighted by atomic mass is 9.86. The highest BCUT2D eigenvalue weighted by Crippen LogP contribution is 2.26. The van der Waals surface area contributed by atoms with Gasteiger partial charge in [-0.25, -0.2) is 0 Å². The Morgan fingerprint density at radius 1 is 0.405 bits per heavy atom. The number of ketones is 4. The van der Waals surface area contributed by atoms with Crippen molar-refractivity contribution in [3.05, 3.63) is 59.7 Å². The molecule has 0 aliphatic carbocycles. The second-order valence-corrected chi connectivity index (χ2v) is 26.9. The summed E-state index contributed by atoms with van der Waals surface area (Å²) in [6.07, 6.45) is 40.9. The van der Waals surface area contributed by atoms with E-state index in [-0.39, 0.29) is 5.78 Å². The van der Waals surface area contributed by atoms with E-state index >= 15 is 0 Å². The van der Waals surface area contributed by atoms with Gasteiger partial charge in [-0.2, -0.15) is 0 Å². The first-order valence-corrected chi connectivity index (χ1v) is 35.4. The minimum atomic E-state index is 0.234. The van der Waals surface area contributed by atoms with Crippen molar-refractivity contribution in [1.29, 1.82) is 0 Å². The van der Waals surface area contributed by atoms with Crippen LogP contribution in [-0.2, 0) is 19.2 Å². The van der Waals surface area contributed by atoms with Crippen LogP contribution in [0.3, 0.4) is 0 Å². The molecule has 1 rings (SSSR count). The monoisotopic (exact) mass is 1180 g/mol. The average Bonchev–Trinajstić information content (AvgIpc) is 3.38. The van der Waals surface area contributed by atoms with E-state index in [4.69, 9.17) is 6.42 Å². The third-order valence-corrected chi connectivity index (χ3v) is 11.9. The molecule has 4 nitrogen and oxygen atoms in total. The standard InChI is InChI=1S/C27H46O3.C23H44O.C8H10.3C4H10.C4H8.2C3H8/c1-4-7-9-10-12-19-26(29)22-15-17-24(16-6-3)23-27(30)21-14-11-13-20-25(28)18-8-5-2;1-6-8-10-11-13-15-23(24)19-22(18-20(3)4)17-16-21(5)14-12-9-7-2;1-7-3-5-8(2)6-4-7;4*1-4(2)3;2*1-3-2/h2,24H,4,6-23H2,1,3H3;20,22H,5-19H2,1-4H3;3-6H,1-2H3;3*4H,1-3H3;1H2,2-3H3;2*3H2,1-2H3. The van der Waals surface area contributed by atoms with E-state index in [1.54, 1.807) is 0 Å². The van der Waals surface area contributed by atoms with E-state index in [0.717, 1.165) is 108 Å². The predicted octanol–water partition coefficient (Wildman–Crippen LogP) is 27.0. The lowest BCUT2D eigenvalue weighted by Crippen LogP contribution is -2.11. The van der Waals surface area contributed by atoms with Crippen molar-refractivity contribution in [3.8, 4) is 12.3 Å². The van der Waals surface area contributed by atoms with Gasteiger partial charge in [0.25, 0.3) is 0 Å². The first-order valence-electron chi connectivity index (χ1n) is 35.4. The summed E-state index contributed by atoms with van der Waals surface area (Å²) in [6, 6.07) is 8.48. The van der Waals surface area contributed by atoms with Gasteiger partial charge in [-0.3, -0.25) is 19.2 Å². The fourth-order valence-electron chi connectivity index (χ4n) is 8.09. The average molecular weight is 1180 g/mol. The van der Waals surface area contributed by atoms with Crippen molar-refractivity contribution in [1.82, 2.24) is 0 Å². The summed E-state index contributed by atoms with van der Waals surface area (Å²) in [5, 5.41) is 0. The minimum absolute atomic E-state index is 0.234. The molecule has 0 amide bonds. The van der Waals surface area contributed by atoms with Crippen LogP contribution in [0.25, 0.3) is 0 Å². The van der Waals surface area contributed by atoms with Gasteiger partial charge in [0, 0.05) is 57.8 Å². The summed E-state index contributed by atoms with van der Waals surface area (Å²) >= 11 is 0. The molecule has 0 saturated heterocycles. The van der Waals surface area contributed by atoms with Crippen LogP contribution in [0, 0.1) is 61.7 Å². The number of benzene rings is 1. The van der Waals surface area contributed by atoms with Crippen molar-refractivity contribution in [3.63, 3.8) is 0 Å². The summed E-state index contributed by atoms with van der Waals surface area (Å²) < 4.78 is 0. The Balaban J connectivity index is -0.000000155. The number of hydrogen-bond acceptors (Lipinski definition) is 4. The van der Waals surface area contributed by atoms with E-state index in [1.807, 2.05) is 13.8 Å². The molecule has 0 aliphatic heterocycles. The second kappa shape index (κ2) is 79.9. The number of unbranched alkanes of at least 4 members (excludes halogenated alkanes) is 12. The first kappa shape index (κ1) is 97.2. The van der Waals surface area contributed by atoms with Crippen LogP contribution >= 0.6 is 0 Å². The molecule has 84 heavy (non-hydrogen) atoms. The molecule has 1 aromatic rings. The van der Waals surface area contributed by atoms with Crippen molar-refractivity contribution in [2.24, 2.45) is 35.5 Å². The molecule has 0 saturated carbocycles. The fourth-order valence-corrected chi connectivity index (χ4v) is 8.09. The zero-order valence-electron chi connectivity index (χ0n) is 61.6. The molecule has 2 unspecified atom stereocenters. The van der Waals surface area contributed by atoms with E-state index in [9.17, 15) is 19.2 Å². The molecular weight excluding hydrogens is 1020 g/mol. The molecular formula is C80H154O4. The first-order chi connectivity index (χ1) is 39.6. The normalized spacial score (nSPS) is 10.7. The van der Waals surface area contributed by atoms with Crippen molar-refractivity contribution in [2.45, 2.75) is 384 Å². The Morgan fingerprint density at radius 2 is 0.702 bits per heavy atom. The van der Waals surface area contributed by atoms with Crippen molar-refractivity contribution >= 4 is 23.1 Å². The third-order valence-electron chi connectivity index (χ3n) is 11.9. The Kier molecular flexibility index (Phi) is 92.5. The molecule has 0 fully saturated rings. The lowest BCUT2D eigenvalue weighted by molar-refractivity contribution is -0.121. The van der Waals surface area contributed by atoms with Crippen LogP contribution in [0.15, 0.2) is 48.6 Å². The molecule has 4 heteroatoms. The fraction of sp³-hybridized carbons (Fsp3) is 0.800. The van der Waals surface area contributed by atoms with E-state index in [1.165, 1.54) is 119 Å². The summed E-state index contributed by atoms with van der Waals surface area (Å²) in [6.45, 7) is 57.3. The smallest absolute Gasteiger partial charge is 0.133 e. The van der Waals surface area contributed by atoms with E-state index < -0.39 is 0 Å². The zero-order chi connectivity index (χ0) is 66.4. The number of terminal acetylenes is 1. The Bertz CT molecular complexity index is 1500. The molecule has 1 aromatic carbocycles. The molecule has 0 radical (unpaired) electrons. The van der Waals surface area contributed by atoms with Crippen LogP contribution < -0.4 is 0 Å². The SMILES string of the molecule is C#CCCC(=O)CCCCCC(=O)CC(CCC)CCCC(=O)CCCCCCC.C=C(C)C.C=C(CCCCC)CCC(CC(=O)CCCCCCC)CC(C)C.CC(C)C.CC(C)C.CC(C)C.CCC.CCC.Cc1ccc(C)cc1. The number of carbonyl (C=O) groups excluding carboxylic acids is 4. The van der Waals surface area contributed by atoms with E-state index in [2.05, 4.69) is 189 Å². The summed E-state index contributed by atoms with van der Waals surface area (Å²) in [4.78, 5) is 48.3. The topological polar surface area (TPSA) is 68.3 Å². The number of rotatable bonds is 39. The van der Waals surface area contributed by atoms with Gasteiger partial charge in [0.05, 0.1) is 0 Å². The molecule has 498 valence electrons. The highest BCUT2D eigenvalue weighted by atomic mass is 16.1. The largest absolute Gasteiger partial charge is 0.300 e. The number of aryl methyl sites for hydroxylation is 2. The zero-order valence-corrected chi connectivity index (χ0v) is 61.6. The molecule has 0 N–H and O–H groups in total. The number of carbonyl (C=O) groups is 4. The highest BCUT2D eigenvalue weighted by molar-refractivity contribution is 5.80. The summed E-state index contributed by atoms with van der Waals surface area (Å²) in [5.41, 5.74) is 5.22. The lowest BCUT2D eigenvalue weighted by Gasteiger charge is -2.19. The highest BCUT2D eigenvalue weighted by Gasteiger charge is 2.17. The van der Waals surface area contributed by atoms with Crippen LogP contribution in [0.1, 0.15) is 381 Å². The number of hydrogen-bond donors (Lipinski definition) is 0. The van der Waals surface area contributed by atoms with Crippen LogP contribution in [0.2, 0.25) is 0 Å². The van der Waals surface area contributed by atoms with Gasteiger partial charge in [-0.15, -0.1) is 18.9 Å². The quantitative estimate of drug-likeness (QED) is 0.0374. The maximum absolute atomic E-state index is 12.3. The predicted molar refractivity (Wildman–Crippen MR) is 385 cm³/mol. The Hall–Kier alpha value is -3.06. The third kappa shape index (κ3) is 117. The second-order valence-electron chi connectivity index (χ2n) is 26.9. The molecule has 0 bridgehead atoms. The van der Waals surface area contributed by atoms with Crippen molar-refractivity contribution < 1.29 is 19.2 Å². The van der Waals surface area contributed by atoms with Crippen molar-refractivity contribution in [2.75, 3.05) is 0 Å². The maximum Gasteiger partial charge on any atom is 0.133 e. The Labute approximate surface area is 531 Å². The summed E-state index contributed by atoms with van der Waals surface area (Å²) in [5.74, 6) is 8.13.